The molecule has 0 saturated carbocycles. The zero-order chi connectivity index (χ0) is 14.5. The molecule has 2 rings (SSSR count). The van der Waals surface area contributed by atoms with Gasteiger partial charge in [0, 0.05) is 11.5 Å². The third-order valence-electron chi connectivity index (χ3n) is 3.08. The van der Waals surface area contributed by atoms with Crippen LogP contribution in [-0.2, 0) is 0 Å². The van der Waals surface area contributed by atoms with Crippen LogP contribution in [0, 0.1) is 0 Å². The molecule has 0 bridgehead atoms. The van der Waals surface area contributed by atoms with Gasteiger partial charge in [-0.1, -0.05) is 42.5 Å². The first kappa shape index (κ1) is 14.8. The second kappa shape index (κ2) is 6.68. The molecule has 3 nitrogen and oxygen atoms in total. The minimum atomic E-state index is -0.687. The summed E-state index contributed by atoms with van der Waals surface area (Å²) in [7, 11) is 1.69. The van der Waals surface area contributed by atoms with Crippen LogP contribution in [0.4, 0.5) is 0 Å². The van der Waals surface area contributed by atoms with Gasteiger partial charge in [0.1, 0.15) is 0 Å². The van der Waals surface area contributed by atoms with Crippen molar-refractivity contribution >= 4 is 21.8 Å². The summed E-state index contributed by atoms with van der Waals surface area (Å²) in [5.41, 5.74) is 1.40. The summed E-state index contributed by atoms with van der Waals surface area (Å²) in [6.07, 6.45) is -0.687. The molecule has 0 saturated heterocycles. The van der Waals surface area contributed by atoms with Gasteiger partial charge in [-0.05, 0) is 33.6 Å². The molecule has 0 fully saturated rings. The summed E-state index contributed by atoms with van der Waals surface area (Å²) in [6, 6.07) is 16.6. The molecule has 0 aromatic heterocycles. The lowest BCUT2D eigenvalue weighted by Gasteiger charge is -2.21. The molecular formula is C16H16BrNO2. The van der Waals surface area contributed by atoms with Gasteiger partial charge in [0.15, 0.2) is 0 Å². The number of carbonyl (C=O) groups is 1. The van der Waals surface area contributed by atoms with E-state index < -0.39 is 6.10 Å². The first-order valence-corrected chi connectivity index (χ1v) is 7.12. The molecule has 4 heteroatoms. The van der Waals surface area contributed by atoms with E-state index in [1.165, 1.54) is 4.90 Å². The van der Waals surface area contributed by atoms with E-state index in [1.807, 2.05) is 48.5 Å². The quantitative estimate of drug-likeness (QED) is 0.932. The van der Waals surface area contributed by atoms with Gasteiger partial charge in [0.25, 0.3) is 5.91 Å². The maximum atomic E-state index is 12.3. The molecule has 2 aromatic rings. The third kappa shape index (κ3) is 3.46. The van der Waals surface area contributed by atoms with E-state index in [0.717, 1.165) is 10.0 Å². The highest BCUT2D eigenvalue weighted by molar-refractivity contribution is 9.10. The Morgan fingerprint density at radius 2 is 1.75 bits per heavy atom. The van der Waals surface area contributed by atoms with E-state index in [1.54, 1.807) is 13.1 Å². The summed E-state index contributed by atoms with van der Waals surface area (Å²) < 4.78 is 0.756. The van der Waals surface area contributed by atoms with Crippen LogP contribution in [0.1, 0.15) is 22.0 Å². The highest BCUT2D eigenvalue weighted by Crippen LogP contribution is 2.19. The van der Waals surface area contributed by atoms with Gasteiger partial charge in [-0.25, -0.2) is 0 Å². The van der Waals surface area contributed by atoms with E-state index >= 15 is 0 Å². The Bertz CT molecular complexity index is 586. The lowest BCUT2D eigenvalue weighted by molar-refractivity contribution is 0.0680. The van der Waals surface area contributed by atoms with E-state index in [0.29, 0.717) is 5.56 Å². The van der Waals surface area contributed by atoms with Crippen molar-refractivity contribution in [3.8, 4) is 0 Å². The van der Waals surface area contributed by atoms with Crippen molar-refractivity contribution < 1.29 is 9.90 Å². The summed E-state index contributed by atoms with van der Waals surface area (Å²) in [5.74, 6) is -0.118. The SMILES string of the molecule is CN(CC(O)c1ccccc1)C(=O)c1ccccc1Br. The fourth-order valence-electron chi connectivity index (χ4n) is 1.96. The zero-order valence-electron chi connectivity index (χ0n) is 11.2. The minimum Gasteiger partial charge on any atom is -0.387 e. The van der Waals surface area contributed by atoms with Crippen LogP contribution >= 0.6 is 15.9 Å². The van der Waals surface area contributed by atoms with Crippen molar-refractivity contribution in [2.24, 2.45) is 0 Å². The summed E-state index contributed by atoms with van der Waals surface area (Å²) in [6.45, 7) is 0.254. The Morgan fingerprint density at radius 3 is 2.40 bits per heavy atom. The molecule has 0 aliphatic heterocycles. The highest BCUT2D eigenvalue weighted by Gasteiger charge is 2.18. The summed E-state index contributed by atoms with van der Waals surface area (Å²) in [5, 5.41) is 10.2. The molecule has 0 aliphatic rings. The Hall–Kier alpha value is -1.65. The number of amides is 1. The standard InChI is InChI=1S/C16H16BrNO2/c1-18(11-15(19)12-7-3-2-4-8-12)16(20)13-9-5-6-10-14(13)17/h2-10,15,19H,11H2,1H3. The Balaban J connectivity index is 2.07. The molecule has 0 radical (unpaired) electrons. The smallest absolute Gasteiger partial charge is 0.254 e. The van der Waals surface area contributed by atoms with Crippen LogP contribution in [0.2, 0.25) is 0 Å². The van der Waals surface area contributed by atoms with Crippen molar-refractivity contribution in [3.05, 3.63) is 70.2 Å². The Morgan fingerprint density at radius 1 is 1.15 bits per heavy atom. The zero-order valence-corrected chi connectivity index (χ0v) is 12.7. The molecule has 20 heavy (non-hydrogen) atoms. The average molecular weight is 334 g/mol. The van der Waals surface area contributed by atoms with Crippen molar-refractivity contribution in [2.75, 3.05) is 13.6 Å². The molecule has 1 atom stereocenters. The Labute approximate surface area is 127 Å². The molecule has 0 spiro atoms. The number of hydrogen-bond donors (Lipinski definition) is 1. The van der Waals surface area contributed by atoms with Gasteiger partial charge < -0.3 is 10.0 Å². The van der Waals surface area contributed by atoms with E-state index in [2.05, 4.69) is 15.9 Å². The van der Waals surface area contributed by atoms with Crippen LogP contribution in [0.3, 0.4) is 0 Å². The van der Waals surface area contributed by atoms with Crippen molar-refractivity contribution in [1.29, 1.82) is 0 Å². The molecule has 1 unspecified atom stereocenters. The van der Waals surface area contributed by atoms with Crippen molar-refractivity contribution in [2.45, 2.75) is 6.10 Å². The number of halogens is 1. The predicted molar refractivity (Wildman–Crippen MR) is 82.5 cm³/mol. The van der Waals surface area contributed by atoms with E-state index in [4.69, 9.17) is 0 Å². The van der Waals surface area contributed by atoms with Crippen LogP contribution < -0.4 is 0 Å². The van der Waals surface area contributed by atoms with Gasteiger partial charge in [-0.2, -0.15) is 0 Å². The topological polar surface area (TPSA) is 40.5 Å². The molecule has 2 aromatic carbocycles. The van der Waals surface area contributed by atoms with Gasteiger partial charge in [0.05, 0.1) is 18.2 Å². The first-order chi connectivity index (χ1) is 9.59. The normalized spacial score (nSPS) is 11.9. The molecular weight excluding hydrogens is 318 g/mol. The number of rotatable bonds is 4. The number of benzene rings is 2. The molecule has 0 aliphatic carbocycles. The second-order valence-electron chi connectivity index (χ2n) is 4.59. The van der Waals surface area contributed by atoms with E-state index in [-0.39, 0.29) is 12.5 Å². The molecule has 1 N–H and O–H groups in total. The molecule has 1 amide bonds. The van der Waals surface area contributed by atoms with Gasteiger partial charge >= 0.3 is 0 Å². The number of likely N-dealkylation sites (N-methyl/N-ethyl adjacent to an activating group) is 1. The van der Waals surface area contributed by atoms with Crippen LogP contribution in [0.15, 0.2) is 59.1 Å². The minimum absolute atomic E-state index is 0.118. The van der Waals surface area contributed by atoms with Gasteiger partial charge in [-0.3, -0.25) is 4.79 Å². The fraction of sp³-hybridized carbons (Fsp3) is 0.188. The summed E-state index contributed by atoms with van der Waals surface area (Å²) in [4.78, 5) is 13.8. The van der Waals surface area contributed by atoms with Crippen LogP contribution in [-0.4, -0.2) is 29.5 Å². The van der Waals surface area contributed by atoms with Crippen molar-refractivity contribution in [3.63, 3.8) is 0 Å². The molecule has 0 heterocycles. The number of hydrogen-bond acceptors (Lipinski definition) is 2. The average Bonchev–Trinajstić information content (AvgIpc) is 2.48. The maximum absolute atomic E-state index is 12.3. The Kier molecular flexibility index (Phi) is 4.93. The summed E-state index contributed by atoms with van der Waals surface area (Å²) >= 11 is 3.37. The third-order valence-corrected chi connectivity index (χ3v) is 3.77. The van der Waals surface area contributed by atoms with Gasteiger partial charge in [-0.15, -0.1) is 0 Å². The highest BCUT2D eigenvalue weighted by atomic mass is 79.9. The lowest BCUT2D eigenvalue weighted by atomic mass is 10.1. The monoisotopic (exact) mass is 333 g/mol. The maximum Gasteiger partial charge on any atom is 0.254 e. The van der Waals surface area contributed by atoms with E-state index in [9.17, 15) is 9.90 Å². The number of aliphatic hydroxyl groups excluding tert-OH is 1. The van der Waals surface area contributed by atoms with Gasteiger partial charge in [0.2, 0.25) is 0 Å². The number of aliphatic hydroxyl groups is 1. The largest absolute Gasteiger partial charge is 0.387 e. The molecule has 104 valence electrons. The predicted octanol–water partition coefficient (Wildman–Crippen LogP) is 3.25. The van der Waals surface area contributed by atoms with Crippen LogP contribution in [0.5, 0.6) is 0 Å². The van der Waals surface area contributed by atoms with Crippen molar-refractivity contribution in [1.82, 2.24) is 4.90 Å². The number of nitrogens with zero attached hydrogens (tertiary/aromatic N) is 1. The fourth-order valence-corrected chi connectivity index (χ4v) is 2.42. The van der Waals surface area contributed by atoms with Crippen LogP contribution in [0.25, 0.3) is 0 Å². The first-order valence-electron chi connectivity index (χ1n) is 6.32. The second-order valence-corrected chi connectivity index (χ2v) is 5.45. The lowest BCUT2D eigenvalue weighted by Crippen LogP contribution is -2.31. The number of carbonyl (C=O) groups excluding carboxylic acids is 1.